The fourth-order valence-electron chi connectivity index (χ4n) is 1.54. The summed E-state index contributed by atoms with van der Waals surface area (Å²) in [5.74, 6) is 2.47. The van der Waals surface area contributed by atoms with Gasteiger partial charge in [0.2, 0.25) is 0 Å². The zero-order chi connectivity index (χ0) is 9.26. The van der Waals surface area contributed by atoms with Crippen molar-refractivity contribution >= 4 is 33.4 Å². The predicted molar refractivity (Wildman–Crippen MR) is 59.9 cm³/mol. The molecule has 2 heterocycles. The van der Waals surface area contributed by atoms with Crippen molar-refractivity contribution in [3.05, 3.63) is 10.8 Å². The van der Waals surface area contributed by atoms with Gasteiger partial charge in [-0.15, -0.1) is 0 Å². The van der Waals surface area contributed by atoms with Crippen LogP contribution < -0.4 is 5.73 Å². The van der Waals surface area contributed by atoms with Gasteiger partial charge in [-0.1, -0.05) is 0 Å². The molecule has 13 heavy (non-hydrogen) atoms. The molecule has 0 unspecified atom stereocenters. The topological polar surface area (TPSA) is 43.8 Å². The van der Waals surface area contributed by atoms with E-state index in [1.54, 1.807) is 6.20 Å². The maximum absolute atomic E-state index is 5.71. The lowest BCUT2D eigenvalue weighted by Crippen LogP contribution is -2.16. The molecular formula is C8H12BrN3S. The molecule has 0 saturated carbocycles. The van der Waals surface area contributed by atoms with Crippen molar-refractivity contribution in [2.75, 3.05) is 17.2 Å². The van der Waals surface area contributed by atoms with E-state index in [9.17, 15) is 0 Å². The Morgan fingerprint density at radius 2 is 2.23 bits per heavy atom. The zero-order valence-corrected chi connectivity index (χ0v) is 9.64. The van der Waals surface area contributed by atoms with Gasteiger partial charge in [-0.2, -0.15) is 16.9 Å². The van der Waals surface area contributed by atoms with Gasteiger partial charge in [0.25, 0.3) is 0 Å². The summed E-state index contributed by atoms with van der Waals surface area (Å²) in [4.78, 5) is 0. The van der Waals surface area contributed by atoms with Crippen LogP contribution in [0.15, 0.2) is 10.8 Å². The predicted octanol–water partition coefficient (Wildman–Crippen LogP) is 2.30. The molecule has 1 fully saturated rings. The van der Waals surface area contributed by atoms with Crippen LogP contribution in [0, 0.1) is 0 Å². The SMILES string of the molecule is Nc1cnn(C2CCSCC2)c1Br. The first kappa shape index (κ1) is 9.40. The molecule has 0 aromatic carbocycles. The molecular weight excluding hydrogens is 250 g/mol. The van der Waals surface area contributed by atoms with Crippen molar-refractivity contribution in [2.45, 2.75) is 18.9 Å². The first-order chi connectivity index (χ1) is 6.29. The highest BCUT2D eigenvalue weighted by Crippen LogP contribution is 2.31. The van der Waals surface area contributed by atoms with E-state index in [0.29, 0.717) is 6.04 Å². The third-order valence-electron chi connectivity index (χ3n) is 2.30. The highest BCUT2D eigenvalue weighted by Gasteiger charge is 2.18. The molecule has 3 nitrogen and oxygen atoms in total. The van der Waals surface area contributed by atoms with Crippen molar-refractivity contribution in [2.24, 2.45) is 0 Å². The second-order valence-corrected chi connectivity index (χ2v) is 5.15. The Labute approximate surface area is 90.2 Å². The van der Waals surface area contributed by atoms with E-state index in [1.807, 2.05) is 16.4 Å². The first-order valence-corrected chi connectivity index (χ1v) is 6.30. The fourth-order valence-corrected chi connectivity index (χ4v) is 3.11. The lowest BCUT2D eigenvalue weighted by Gasteiger charge is -2.22. The number of thioether (sulfide) groups is 1. The Bertz CT molecular complexity index is 294. The molecule has 0 bridgehead atoms. The van der Waals surface area contributed by atoms with E-state index in [0.717, 1.165) is 10.3 Å². The normalized spacial score (nSPS) is 19.2. The van der Waals surface area contributed by atoms with Crippen molar-refractivity contribution in [1.82, 2.24) is 9.78 Å². The van der Waals surface area contributed by atoms with Crippen LogP contribution in [0.25, 0.3) is 0 Å². The molecule has 1 saturated heterocycles. The Morgan fingerprint density at radius 1 is 1.54 bits per heavy atom. The third-order valence-corrected chi connectivity index (χ3v) is 4.17. The van der Waals surface area contributed by atoms with Crippen LogP contribution in [0.5, 0.6) is 0 Å². The molecule has 0 atom stereocenters. The summed E-state index contributed by atoms with van der Waals surface area (Å²) in [6.45, 7) is 0. The first-order valence-electron chi connectivity index (χ1n) is 4.35. The van der Waals surface area contributed by atoms with Crippen molar-refractivity contribution < 1.29 is 0 Å². The molecule has 0 spiro atoms. The molecule has 0 amide bonds. The summed E-state index contributed by atoms with van der Waals surface area (Å²) in [6, 6.07) is 0.535. The van der Waals surface area contributed by atoms with Gasteiger partial charge in [0.05, 0.1) is 17.9 Å². The molecule has 1 aliphatic rings. The van der Waals surface area contributed by atoms with Gasteiger partial charge in [0.1, 0.15) is 4.60 Å². The summed E-state index contributed by atoms with van der Waals surface area (Å²) in [5.41, 5.74) is 6.45. The van der Waals surface area contributed by atoms with Crippen LogP contribution in [0.2, 0.25) is 0 Å². The highest BCUT2D eigenvalue weighted by atomic mass is 79.9. The summed E-state index contributed by atoms with van der Waals surface area (Å²) in [7, 11) is 0. The van der Waals surface area contributed by atoms with Crippen LogP contribution in [-0.2, 0) is 0 Å². The second kappa shape index (κ2) is 3.92. The summed E-state index contributed by atoms with van der Waals surface area (Å²) < 4.78 is 2.94. The quantitative estimate of drug-likeness (QED) is 0.844. The van der Waals surface area contributed by atoms with Gasteiger partial charge in [-0.3, -0.25) is 4.68 Å². The van der Waals surface area contributed by atoms with Crippen LogP contribution in [0.4, 0.5) is 5.69 Å². The summed E-state index contributed by atoms with van der Waals surface area (Å²) in [5, 5.41) is 4.27. The summed E-state index contributed by atoms with van der Waals surface area (Å²) in [6.07, 6.45) is 4.11. The third kappa shape index (κ3) is 1.86. The number of nitrogens with zero attached hydrogens (tertiary/aromatic N) is 2. The summed E-state index contributed by atoms with van der Waals surface area (Å²) >= 11 is 5.47. The second-order valence-electron chi connectivity index (χ2n) is 3.18. The molecule has 1 aromatic heterocycles. The molecule has 1 aromatic rings. The Morgan fingerprint density at radius 3 is 2.77 bits per heavy atom. The van der Waals surface area contributed by atoms with E-state index in [4.69, 9.17) is 5.73 Å². The van der Waals surface area contributed by atoms with E-state index in [-0.39, 0.29) is 0 Å². The minimum Gasteiger partial charge on any atom is -0.395 e. The lowest BCUT2D eigenvalue weighted by atomic mass is 10.2. The average molecular weight is 262 g/mol. The largest absolute Gasteiger partial charge is 0.395 e. The van der Waals surface area contributed by atoms with Crippen molar-refractivity contribution in [3.8, 4) is 0 Å². The van der Waals surface area contributed by atoms with Gasteiger partial charge in [-0.25, -0.2) is 0 Å². The molecule has 2 N–H and O–H groups in total. The number of nitrogens with two attached hydrogens (primary N) is 1. The fraction of sp³-hybridized carbons (Fsp3) is 0.625. The van der Waals surface area contributed by atoms with Gasteiger partial charge >= 0.3 is 0 Å². The van der Waals surface area contributed by atoms with Gasteiger partial charge in [0, 0.05) is 0 Å². The Hall–Kier alpha value is -0.160. The number of nitrogen functional groups attached to an aromatic ring is 1. The molecule has 0 aliphatic carbocycles. The van der Waals surface area contributed by atoms with Crippen molar-refractivity contribution in [1.29, 1.82) is 0 Å². The zero-order valence-electron chi connectivity index (χ0n) is 7.24. The lowest BCUT2D eigenvalue weighted by molar-refractivity contribution is 0.420. The Kier molecular flexibility index (Phi) is 2.83. The standard InChI is InChI=1S/C8H12BrN3S/c9-8-7(10)5-11-12(8)6-1-3-13-4-2-6/h5-6H,1-4,10H2. The van der Waals surface area contributed by atoms with Gasteiger partial charge in [0.15, 0.2) is 0 Å². The molecule has 2 rings (SSSR count). The van der Waals surface area contributed by atoms with Crippen LogP contribution in [0.3, 0.4) is 0 Å². The van der Waals surface area contributed by atoms with Crippen LogP contribution in [0.1, 0.15) is 18.9 Å². The minimum absolute atomic E-state index is 0.535. The molecule has 1 aliphatic heterocycles. The highest BCUT2D eigenvalue weighted by molar-refractivity contribution is 9.10. The number of rotatable bonds is 1. The van der Waals surface area contributed by atoms with Gasteiger partial charge < -0.3 is 5.73 Å². The minimum atomic E-state index is 0.535. The number of hydrogen-bond acceptors (Lipinski definition) is 3. The van der Waals surface area contributed by atoms with E-state index in [1.165, 1.54) is 24.3 Å². The van der Waals surface area contributed by atoms with Crippen LogP contribution >= 0.6 is 27.7 Å². The molecule has 72 valence electrons. The molecule has 5 heteroatoms. The number of aromatic nitrogens is 2. The van der Waals surface area contributed by atoms with E-state index < -0.39 is 0 Å². The smallest absolute Gasteiger partial charge is 0.127 e. The van der Waals surface area contributed by atoms with E-state index >= 15 is 0 Å². The number of hydrogen-bond donors (Lipinski definition) is 1. The van der Waals surface area contributed by atoms with E-state index in [2.05, 4.69) is 21.0 Å². The molecule has 0 radical (unpaired) electrons. The maximum Gasteiger partial charge on any atom is 0.127 e. The number of halogens is 1. The average Bonchev–Trinajstić information content (AvgIpc) is 2.49. The maximum atomic E-state index is 5.71. The van der Waals surface area contributed by atoms with Gasteiger partial charge in [-0.05, 0) is 40.3 Å². The number of anilines is 1. The van der Waals surface area contributed by atoms with Crippen molar-refractivity contribution in [3.63, 3.8) is 0 Å². The Balaban J connectivity index is 2.18. The van der Waals surface area contributed by atoms with Crippen LogP contribution in [-0.4, -0.2) is 21.3 Å². The monoisotopic (exact) mass is 261 g/mol.